The molecule has 12 heteroatoms. The Morgan fingerprint density at radius 3 is 2.08 bits per heavy atom. The van der Waals surface area contributed by atoms with E-state index in [1.54, 1.807) is 14.2 Å². The van der Waals surface area contributed by atoms with E-state index in [0.717, 1.165) is 42.7 Å². The minimum absolute atomic E-state index is 0.159. The summed E-state index contributed by atoms with van der Waals surface area (Å²) < 4.78 is 96.2. The number of methoxy groups -OCH3 is 2. The van der Waals surface area contributed by atoms with Crippen molar-refractivity contribution in [3.8, 4) is 23.0 Å². The van der Waals surface area contributed by atoms with Crippen LogP contribution in [0.5, 0.6) is 23.0 Å². The van der Waals surface area contributed by atoms with Gasteiger partial charge in [0.15, 0.2) is 13.6 Å². The molecule has 0 bridgehead atoms. The van der Waals surface area contributed by atoms with Gasteiger partial charge in [0.05, 0.1) is 13.2 Å². The number of rotatable bonds is 20. The molecule has 270 valence electrons. The Bertz CT molecular complexity index is 1420. The molecular formula is C37H45F5O6S. The first-order chi connectivity index (χ1) is 23.5. The number of hydrogen-bond donors (Lipinski definition) is 0. The zero-order valence-corrected chi connectivity index (χ0v) is 29.0. The molecule has 49 heavy (non-hydrogen) atoms. The second kappa shape index (κ2) is 18.1. The van der Waals surface area contributed by atoms with Crippen LogP contribution in [0.1, 0.15) is 61.6 Å². The molecule has 3 aromatic rings. The highest BCUT2D eigenvalue weighted by atomic mass is 32.2. The Hall–Kier alpha value is -3.22. The fraction of sp³-hybridized carbons (Fsp3) is 0.514. The van der Waals surface area contributed by atoms with Crippen molar-refractivity contribution in [1.29, 1.82) is 0 Å². The lowest BCUT2D eigenvalue weighted by Gasteiger charge is -2.43. The fourth-order valence-corrected chi connectivity index (χ4v) is 6.68. The van der Waals surface area contributed by atoms with Crippen molar-refractivity contribution < 1.29 is 50.4 Å². The number of hydrogen-bond acceptors (Lipinski definition) is 7. The van der Waals surface area contributed by atoms with Crippen LogP contribution < -0.4 is 18.9 Å². The molecule has 3 aromatic carbocycles. The number of fused-ring (bicyclic) bond motifs is 1. The van der Waals surface area contributed by atoms with Crippen LogP contribution in [0.15, 0.2) is 66.7 Å². The molecule has 0 radical (unpaired) electrons. The number of ether oxygens (including phenoxy) is 6. The first-order valence-corrected chi connectivity index (χ1v) is 17.5. The van der Waals surface area contributed by atoms with E-state index in [2.05, 4.69) is 25.1 Å². The molecule has 0 aliphatic carbocycles. The Balaban J connectivity index is 1.29. The maximum atomic E-state index is 13.0. The standard InChI is InChI=1S/C37H45F5O6S/c1-35(28-11-15-30(16-12-28)47-25-43-2)24-46-34-23-31(48-26-44-3)17-18-32(34)33(35)8-5-4-7-27-9-13-29(14-10-27)45-20-22-49-21-6-19-36(38,39)37(40,41)42/h9-18,23,33H,4-8,19-22,24-26H2,1-3H3. The molecule has 2 unspecified atom stereocenters. The van der Waals surface area contributed by atoms with Gasteiger partial charge in [0.1, 0.15) is 23.0 Å². The second-order valence-corrected chi connectivity index (χ2v) is 13.5. The largest absolute Gasteiger partial charge is 0.493 e. The van der Waals surface area contributed by atoms with Crippen molar-refractivity contribution in [2.24, 2.45) is 0 Å². The number of halogens is 5. The van der Waals surface area contributed by atoms with Crippen molar-refractivity contribution in [1.82, 2.24) is 0 Å². The Labute approximate surface area is 289 Å². The lowest BCUT2D eigenvalue weighted by atomic mass is 9.66. The van der Waals surface area contributed by atoms with E-state index in [4.69, 9.17) is 28.4 Å². The van der Waals surface area contributed by atoms with Gasteiger partial charge in [0.25, 0.3) is 0 Å². The van der Waals surface area contributed by atoms with Gasteiger partial charge >= 0.3 is 12.1 Å². The van der Waals surface area contributed by atoms with Gasteiger partial charge in [0.2, 0.25) is 0 Å². The third-order valence-electron chi connectivity index (χ3n) is 8.68. The number of aryl methyl sites for hydroxylation is 1. The summed E-state index contributed by atoms with van der Waals surface area (Å²) in [7, 11) is 3.17. The molecule has 1 aliphatic rings. The van der Waals surface area contributed by atoms with E-state index in [9.17, 15) is 22.0 Å². The summed E-state index contributed by atoms with van der Waals surface area (Å²) in [5.74, 6) is -0.767. The average Bonchev–Trinajstić information content (AvgIpc) is 3.08. The van der Waals surface area contributed by atoms with Crippen LogP contribution in [0.25, 0.3) is 0 Å². The maximum absolute atomic E-state index is 13.0. The molecule has 6 nitrogen and oxygen atoms in total. The van der Waals surface area contributed by atoms with Crippen molar-refractivity contribution >= 4 is 11.8 Å². The van der Waals surface area contributed by atoms with Crippen molar-refractivity contribution in [2.75, 3.05) is 52.5 Å². The minimum atomic E-state index is -5.50. The second-order valence-electron chi connectivity index (χ2n) is 12.2. The average molecular weight is 713 g/mol. The predicted molar refractivity (Wildman–Crippen MR) is 181 cm³/mol. The molecule has 0 saturated carbocycles. The van der Waals surface area contributed by atoms with E-state index >= 15 is 0 Å². The molecule has 0 saturated heterocycles. The van der Waals surface area contributed by atoms with E-state index in [1.807, 2.05) is 48.5 Å². The molecule has 0 fully saturated rings. The van der Waals surface area contributed by atoms with Gasteiger partial charge in [-0.2, -0.15) is 33.7 Å². The number of unbranched alkanes of at least 4 members (excludes halogenated alkanes) is 1. The molecule has 1 heterocycles. The lowest BCUT2D eigenvalue weighted by Crippen LogP contribution is -2.40. The highest BCUT2D eigenvalue weighted by molar-refractivity contribution is 7.99. The minimum Gasteiger partial charge on any atom is -0.493 e. The van der Waals surface area contributed by atoms with Gasteiger partial charge in [-0.3, -0.25) is 0 Å². The SMILES string of the molecule is COCOc1ccc(C2(C)COc3cc(OCOC)ccc3C2CCCCc2ccc(OCCSCCCC(F)(F)C(F)(F)F)cc2)cc1. The normalized spacial score (nSPS) is 17.7. The van der Waals surface area contributed by atoms with Crippen molar-refractivity contribution in [2.45, 2.75) is 68.9 Å². The topological polar surface area (TPSA) is 55.4 Å². The monoisotopic (exact) mass is 712 g/mol. The summed E-state index contributed by atoms with van der Waals surface area (Å²) in [4.78, 5) is 0. The van der Waals surface area contributed by atoms with Gasteiger partial charge in [0, 0.05) is 43.8 Å². The lowest BCUT2D eigenvalue weighted by molar-refractivity contribution is -0.284. The van der Waals surface area contributed by atoms with E-state index < -0.39 is 18.5 Å². The third kappa shape index (κ3) is 10.9. The van der Waals surface area contributed by atoms with Gasteiger partial charge < -0.3 is 28.4 Å². The van der Waals surface area contributed by atoms with Crippen LogP contribution in [-0.4, -0.2) is 64.6 Å². The molecule has 2 atom stereocenters. The summed E-state index contributed by atoms with van der Waals surface area (Å²) in [6, 6.07) is 22.0. The van der Waals surface area contributed by atoms with E-state index in [1.165, 1.54) is 22.9 Å². The summed E-state index contributed by atoms with van der Waals surface area (Å²) in [6.45, 7) is 3.46. The quantitative estimate of drug-likeness (QED) is 0.0657. The number of benzene rings is 3. The predicted octanol–water partition coefficient (Wildman–Crippen LogP) is 9.59. The fourth-order valence-electron chi connectivity index (χ4n) is 5.92. The molecule has 4 rings (SSSR count). The van der Waals surface area contributed by atoms with Crippen molar-refractivity contribution in [3.05, 3.63) is 83.4 Å². The Morgan fingerprint density at radius 2 is 1.41 bits per heavy atom. The van der Waals surface area contributed by atoms with Crippen LogP contribution in [0, 0.1) is 0 Å². The zero-order valence-electron chi connectivity index (χ0n) is 28.2. The van der Waals surface area contributed by atoms with Crippen LogP contribution in [0.4, 0.5) is 22.0 Å². The molecular weight excluding hydrogens is 667 g/mol. The summed E-state index contributed by atoms with van der Waals surface area (Å²) >= 11 is 1.30. The Morgan fingerprint density at radius 1 is 0.776 bits per heavy atom. The van der Waals surface area contributed by atoms with Gasteiger partial charge in [-0.05, 0) is 78.5 Å². The van der Waals surface area contributed by atoms with Gasteiger partial charge in [-0.25, -0.2) is 0 Å². The molecule has 0 N–H and O–H groups in total. The first kappa shape index (κ1) is 38.6. The maximum Gasteiger partial charge on any atom is 0.453 e. The summed E-state index contributed by atoms with van der Waals surface area (Å²) in [5.41, 5.74) is 3.24. The first-order valence-electron chi connectivity index (χ1n) is 16.3. The molecule has 1 aliphatic heterocycles. The summed E-state index contributed by atoms with van der Waals surface area (Å²) in [5, 5.41) is 0. The number of alkyl halides is 5. The zero-order chi connectivity index (χ0) is 35.3. The highest BCUT2D eigenvalue weighted by Gasteiger charge is 2.56. The van der Waals surface area contributed by atoms with E-state index in [-0.39, 0.29) is 37.1 Å². The molecule has 0 spiro atoms. The smallest absolute Gasteiger partial charge is 0.453 e. The molecule has 0 aromatic heterocycles. The van der Waals surface area contributed by atoms with Crippen LogP contribution in [0.3, 0.4) is 0 Å². The van der Waals surface area contributed by atoms with Gasteiger partial charge in [-0.1, -0.05) is 43.7 Å². The van der Waals surface area contributed by atoms with Crippen LogP contribution >= 0.6 is 11.8 Å². The summed E-state index contributed by atoms with van der Waals surface area (Å²) in [6.07, 6.45) is -3.05. The number of thioether (sulfide) groups is 1. The Kier molecular flexibility index (Phi) is 14.3. The van der Waals surface area contributed by atoms with Gasteiger partial charge in [-0.15, -0.1) is 0 Å². The highest BCUT2D eigenvalue weighted by Crippen LogP contribution is 2.50. The van der Waals surface area contributed by atoms with Crippen molar-refractivity contribution in [3.63, 3.8) is 0 Å². The molecule has 0 amide bonds. The van der Waals surface area contributed by atoms with Crippen LogP contribution in [0.2, 0.25) is 0 Å². The third-order valence-corrected chi connectivity index (χ3v) is 9.71. The van der Waals surface area contributed by atoms with Crippen LogP contribution in [-0.2, 0) is 21.3 Å². The van der Waals surface area contributed by atoms with E-state index in [0.29, 0.717) is 30.5 Å².